The van der Waals surface area contributed by atoms with Crippen LogP contribution in [0.4, 0.5) is 24.5 Å². The number of rotatable bonds is 5. The quantitative estimate of drug-likeness (QED) is 0.888. The maximum atomic E-state index is 13.3. The molecule has 1 saturated heterocycles. The molecule has 1 aromatic carbocycles. The van der Waals surface area contributed by atoms with Crippen molar-refractivity contribution in [1.29, 1.82) is 0 Å². The maximum absolute atomic E-state index is 13.3. The molecular formula is C17H24F3N3O. The smallest absolute Gasteiger partial charge is 0.378 e. The Morgan fingerprint density at radius 3 is 2.67 bits per heavy atom. The summed E-state index contributed by atoms with van der Waals surface area (Å²) in [6.07, 6.45) is -2.03. The molecule has 7 heteroatoms. The number of amides is 1. The van der Waals surface area contributed by atoms with E-state index in [1.54, 1.807) is 25.1 Å². The molecule has 0 aliphatic carbocycles. The number of likely N-dealkylation sites (tertiary alicyclic amines) is 1. The lowest BCUT2D eigenvalue weighted by Crippen LogP contribution is -2.40. The first-order valence-corrected chi connectivity index (χ1v) is 8.17. The number of hydrogen-bond acceptors (Lipinski definition) is 3. The number of hydrogen-bond donors (Lipinski definition) is 1. The number of nitrogens with one attached hydrogen (secondary N) is 1. The Bertz CT molecular complexity index is 587. The van der Waals surface area contributed by atoms with Gasteiger partial charge in [-0.15, -0.1) is 0 Å². The van der Waals surface area contributed by atoms with Crippen molar-refractivity contribution < 1.29 is 18.0 Å². The Balaban J connectivity index is 2.24. The summed E-state index contributed by atoms with van der Waals surface area (Å²) in [5.41, 5.74) is -0.558. The van der Waals surface area contributed by atoms with Gasteiger partial charge in [0.1, 0.15) is 0 Å². The third-order valence-corrected chi connectivity index (χ3v) is 4.26. The van der Waals surface area contributed by atoms with Crippen LogP contribution in [-0.4, -0.2) is 44.0 Å². The van der Waals surface area contributed by atoms with Crippen LogP contribution >= 0.6 is 0 Å². The van der Waals surface area contributed by atoms with E-state index in [1.165, 1.54) is 6.07 Å². The van der Waals surface area contributed by atoms with Crippen LogP contribution in [0.5, 0.6) is 0 Å². The molecular weight excluding hydrogens is 319 g/mol. The van der Waals surface area contributed by atoms with Gasteiger partial charge in [0.15, 0.2) is 0 Å². The minimum absolute atomic E-state index is 0.179. The van der Waals surface area contributed by atoms with Crippen LogP contribution in [0.1, 0.15) is 31.7 Å². The van der Waals surface area contributed by atoms with Crippen LogP contribution < -0.4 is 10.2 Å². The van der Waals surface area contributed by atoms with Gasteiger partial charge in [-0.3, -0.25) is 9.69 Å². The molecule has 1 aliphatic rings. The molecule has 134 valence electrons. The van der Waals surface area contributed by atoms with E-state index in [0.717, 1.165) is 32.0 Å². The summed E-state index contributed by atoms with van der Waals surface area (Å²) in [6, 6.07) is 3.62. The third-order valence-electron chi connectivity index (χ3n) is 4.26. The van der Waals surface area contributed by atoms with Gasteiger partial charge in [0.2, 0.25) is 5.91 Å². The summed E-state index contributed by atoms with van der Waals surface area (Å²) in [4.78, 5) is 16.1. The molecule has 4 nitrogen and oxygen atoms in total. The highest BCUT2D eigenvalue weighted by Gasteiger charge is 2.36. The van der Waals surface area contributed by atoms with Gasteiger partial charge in [-0.1, -0.05) is 6.92 Å². The van der Waals surface area contributed by atoms with Gasteiger partial charge in [-0.2, -0.15) is 13.2 Å². The van der Waals surface area contributed by atoms with E-state index in [9.17, 15) is 18.0 Å². The largest absolute Gasteiger partial charge is 0.418 e. The Hall–Kier alpha value is -1.76. The second-order valence-corrected chi connectivity index (χ2v) is 6.31. The summed E-state index contributed by atoms with van der Waals surface area (Å²) in [6.45, 7) is 3.62. The lowest BCUT2D eigenvalue weighted by atomic mass is 10.1. The fourth-order valence-electron chi connectivity index (χ4n) is 3.05. The number of nitrogens with zero attached hydrogens (tertiary/aromatic N) is 2. The standard InChI is InChI=1S/C17H24F3N3O/c1-4-9-23-10-5-6-15(23)16(24)21-14-8-7-12(22(2)3)11-13(14)17(18,19)20/h7-8,11,15H,4-6,9-10H2,1-3H3,(H,21,24)/t15-/m1/s1. The van der Waals surface area contributed by atoms with Gasteiger partial charge in [-0.05, 0) is 50.6 Å². The van der Waals surface area contributed by atoms with Crippen molar-refractivity contribution in [3.8, 4) is 0 Å². The number of carbonyl (C=O) groups is 1. The molecule has 1 fully saturated rings. The highest BCUT2D eigenvalue weighted by Crippen LogP contribution is 2.37. The molecule has 0 saturated carbocycles. The number of benzene rings is 1. The lowest BCUT2D eigenvalue weighted by Gasteiger charge is -2.24. The maximum Gasteiger partial charge on any atom is 0.418 e. The number of alkyl halides is 3. The van der Waals surface area contributed by atoms with Crippen LogP contribution in [-0.2, 0) is 11.0 Å². The second kappa shape index (κ2) is 7.42. The zero-order valence-corrected chi connectivity index (χ0v) is 14.3. The fraction of sp³-hybridized carbons (Fsp3) is 0.588. The molecule has 1 N–H and O–H groups in total. The molecule has 0 bridgehead atoms. The summed E-state index contributed by atoms with van der Waals surface area (Å²) in [5.74, 6) is -0.357. The number of carbonyl (C=O) groups excluding carboxylic acids is 1. The lowest BCUT2D eigenvalue weighted by molar-refractivity contribution is -0.137. The van der Waals surface area contributed by atoms with Crippen LogP contribution in [0, 0.1) is 0 Å². The monoisotopic (exact) mass is 343 g/mol. The van der Waals surface area contributed by atoms with Crippen molar-refractivity contribution in [3.63, 3.8) is 0 Å². The van der Waals surface area contributed by atoms with Crippen molar-refractivity contribution >= 4 is 17.3 Å². The van der Waals surface area contributed by atoms with Gasteiger partial charge in [0, 0.05) is 19.8 Å². The molecule has 1 heterocycles. The highest BCUT2D eigenvalue weighted by atomic mass is 19.4. The van der Waals surface area contributed by atoms with Crippen molar-refractivity contribution in [2.24, 2.45) is 0 Å². The normalized spacial score (nSPS) is 18.7. The molecule has 1 atom stereocenters. The van der Waals surface area contributed by atoms with Crippen LogP contribution in [0.15, 0.2) is 18.2 Å². The number of halogens is 3. The second-order valence-electron chi connectivity index (χ2n) is 6.31. The zero-order valence-electron chi connectivity index (χ0n) is 14.3. The first-order chi connectivity index (χ1) is 11.2. The first-order valence-electron chi connectivity index (χ1n) is 8.17. The summed E-state index contributed by atoms with van der Waals surface area (Å²) in [7, 11) is 3.35. The Kier molecular flexibility index (Phi) is 5.74. The van der Waals surface area contributed by atoms with E-state index in [0.29, 0.717) is 12.1 Å². The van der Waals surface area contributed by atoms with E-state index < -0.39 is 11.7 Å². The van der Waals surface area contributed by atoms with E-state index in [2.05, 4.69) is 5.32 Å². The Labute approximate surface area is 140 Å². The SMILES string of the molecule is CCCN1CCC[C@@H]1C(=O)Nc1ccc(N(C)C)cc1C(F)(F)F. The molecule has 0 aromatic heterocycles. The minimum Gasteiger partial charge on any atom is -0.378 e. The molecule has 1 amide bonds. The third kappa shape index (κ3) is 4.20. The van der Waals surface area contributed by atoms with Gasteiger partial charge in [-0.25, -0.2) is 0 Å². The molecule has 2 rings (SSSR count). The van der Waals surface area contributed by atoms with E-state index in [4.69, 9.17) is 0 Å². The summed E-state index contributed by atoms with van der Waals surface area (Å²) >= 11 is 0. The minimum atomic E-state index is -4.52. The van der Waals surface area contributed by atoms with Gasteiger partial charge >= 0.3 is 6.18 Å². The van der Waals surface area contributed by atoms with Crippen LogP contribution in [0.2, 0.25) is 0 Å². The molecule has 24 heavy (non-hydrogen) atoms. The van der Waals surface area contributed by atoms with Gasteiger partial charge in [0.05, 0.1) is 17.3 Å². The molecule has 1 aliphatic heterocycles. The summed E-state index contributed by atoms with van der Waals surface area (Å²) in [5, 5.41) is 2.49. The first kappa shape index (κ1) is 18.6. The molecule has 1 aromatic rings. The van der Waals surface area contributed by atoms with Crippen LogP contribution in [0.3, 0.4) is 0 Å². The van der Waals surface area contributed by atoms with Gasteiger partial charge in [0.25, 0.3) is 0 Å². The molecule has 0 unspecified atom stereocenters. The van der Waals surface area contributed by atoms with Crippen molar-refractivity contribution in [2.75, 3.05) is 37.4 Å². The predicted octanol–water partition coefficient (Wildman–Crippen LogP) is 3.58. The molecule has 0 radical (unpaired) electrons. The predicted molar refractivity (Wildman–Crippen MR) is 89.3 cm³/mol. The Morgan fingerprint density at radius 1 is 1.38 bits per heavy atom. The van der Waals surface area contributed by atoms with E-state index in [1.807, 2.05) is 11.8 Å². The van der Waals surface area contributed by atoms with Crippen molar-refractivity contribution in [3.05, 3.63) is 23.8 Å². The highest BCUT2D eigenvalue weighted by molar-refractivity contribution is 5.96. The van der Waals surface area contributed by atoms with Crippen molar-refractivity contribution in [2.45, 2.75) is 38.4 Å². The number of anilines is 2. The van der Waals surface area contributed by atoms with E-state index >= 15 is 0 Å². The average Bonchev–Trinajstić information content (AvgIpc) is 2.95. The average molecular weight is 343 g/mol. The topological polar surface area (TPSA) is 35.6 Å². The molecule has 0 spiro atoms. The Morgan fingerprint density at radius 2 is 2.08 bits per heavy atom. The summed E-state index contributed by atoms with van der Waals surface area (Å²) < 4.78 is 40.0. The van der Waals surface area contributed by atoms with Crippen LogP contribution in [0.25, 0.3) is 0 Å². The zero-order chi connectivity index (χ0) is 17.9. The fourth-order valence-corrected chi connectivity index (χ4v) is 3.05. The van der Waals surface area contributed by atoms with Gasteiger partial charge < -0.3 is 10.2 Å². The van der Waals surface area contributed by atoms with Crippen molar-refractivity contribution in [1.82, 2.24) is 4.90 Å². The van der Waals surface area contributed by atoms with E-state index in [-0.39, 0.29) is 17.6 Å².